The summed E-state index contributed by atoms with van der Waals surface area (Å²) in [7, 11) is 0. The number of anilines is 1. The maximum atomic E-state index is 12.5. The van der Waals surface area contributed by atoms with Crippen LogP contribution in [0.5, 0.6) is 5.75 Å². The lowest BCUT2D eigenvalue weighted by Crippen LogP contribution is -2.19. The SMILES string of the molecule is N#C/C(=C\c1ccc(O)cc1)C(=O)Nc1sc2c(c1C(N)=O)CCCC2. The number of hydrogen-bond acceptors (Lipinski definition) is 5. The molecule has 2 aromatic rings. The highest BCUT2D eigenvalue weighted by Gasteiger charge is 2.25. The van der Waals surface area contributed by atoms with Crippen molar-refractivity contribution in [2.45, 2.75) is 25.7 Å². The van der Waals surface area contributed by atoms with Crippen LogP contribution >= 0.6 is 11.3 Å². The third-order valence-corrected chi connectivity index (χ3v) is 5.42. The number of rotatable bonds is 4. The predicted octanol–water partition coefficient (Wildman–Crippen LogP) is 2.98. The number of phenols is 1. The zero-order valence-corrected chi connectivity index (χ0v) is 14.7. The maximum Gasteiger partial charge on any atom is 0.266 e. The molecule has 1 aliphatic rings. The average Bonchev–Trinajstić information content (AvgIpc) is 2.99. The first-order chi connectivity index (χ1) is 12.5. The molecule has 132 valence electrons. The van der Waals surface area contributed by atoms with Gasteiger partial charge in [-0.15, -0.1) is 11.3 Å². The summed E-state index contributed by atoms with van der Waals surface area (Å²) in [5.41, 5.74) is 7.31. The van der Waals surface area contributed by atoms with Crippen molar-refractivity contribution in [3.63, 3.8) is 0 Å². The summed E-state index contributed by atoms with van der Waals surface area (Å²) in [6, 6.07) is 8.00. The first-order valence-electron chi connectivity index (χ1n) is 8.16. The fourth-order valence-corrected chi connectivity index (χ4v) is 4.26. The molecule has 4 N–H and O–H groups in total. The summed E-state index contributed by atoms with van der Waals surface area (Å²) < 4.78 is 0. The van der Waals surface area contributed by atoms with E-state index in [-0.39, 0.29) is 11.3 Å². The number of hydrogen-bond donors (Lipinski definition) is 3. The van der Waals surface area contributed by atoms with Crippen molar-refractivity contribution in [1.29, 1.82) is 5.26 Å². The number of nitrogens with zero attached hydrogens (tertiary/aromatic N) is 1. The molecule has 0 saturated carbocycles. The number of amides is 2. The standard InChI is InChI=1S/C19H17N3O3S/c20-10-12(9-11-5-7-13(23)8-6-11)18(25)22-19-16(17(21)24)14-3-1-2-4-15(14)26-19/h5-9,23H,1-4H2,(H2,21,24)(H,22,25)/b12-9+. The number of aryl methyl sites for hydroxylation is 1. The quantitative estimate of drug-likeness (QED) is 0.569. The van der Waals surface area contributed by atoms with Crippen molar-refractivity contribution in [3.05, 3.63) is 51.4 Å². The number of phenolic OH excluding ortho intramolecular Hbond substituents is 1. The van der Waals surface area contributed by atoms with Crippen LogP contribution in [0.25, 0.3) is 6.08 Å². The topological polar surface area (TPSA) is 116 Å². The van der Waals surface area contributed by atoms with E-state index in [0.717, 1.165) is 36.1 Å². The van der Waals surface area contributed by atoms with Crippen molar-refractivity contribution in [3.8, 4) is 11.8 Å². The molecule has 1 aliphatic carbocycles. The van der Waals surface area contributed by atoms with Gasteiger partial charge in [0.2, 0.25) is 0 Å². The molecule has 0 unspecified atom stereocenters. The van der Waals surface area contributed by atoms with E-state index in [4.69, 9.17) is 5.73 Å². The van der Waals surface area contributed by atoms with Gasteiger partial charge in [0.05, 0.1) is 5.56 Å². The van der Waals surface area contributed by atoms with Crippen molar-refractivity contribution in [1.82, 2.24) is 0 Å². The second-order valence-electron chi connectivity index (χ2n) is 5.99. The van der Waals surface area contributed by atoms with Gasteiger partial charge in [0.15, 0.2) is 0 Å². The highest BCUT2D eigenvalue weighted by molar-refractivity contribution is 7.17. The van der Waals surface area contributed by atoms with Crippen LogP contribution in [0.3, 0.4) is 0 Å². The molecule has 0 radical (unpaired) electrons. The molecule has 0 aliphatic heterocycles. The minimum absolute atomic E-state index is 0.0976. The maximum absolute atomic E-state index is 12.5. The molecule has 1 aromatic heterocycles. The molecule has 0 spiro atoms. The summed E-state index contributed by atoms with van der Waals surface area (Å²) in [6.45, 7) is 0. The third kappa shape index (κ3) is 3.60. The molecular formula is C19H17N3O3S. The van der Waals surface area contributed by atoms with Crippen molar-refractivity contribution in [2.75, 3.05) is 5.32 Å². The number of benzene rings is 1. The fraction of sp³-hybridized carbons (Fsp3) is 0.211. The van der Waals surface area contributed by atoms with Gasteiger partial charge in [0.25, 0.3) is 11.8 Å². The van der Waals surface area contributed by atoms with Crippen molar-refractivity contribution >= 4 is 34.2 Å². The first-order valence-corrected chi connectivity index (χ1v) is 8.97. The van der Waals surface area contributed by atoms with Crippen LogP contribution in [0.15, 0.2) is 29.8 Å². The summed E-state index contributed by atoms with van der Waals surface area (Å²) >= 11 is 1.35. The fourth-order valence-electron chi connectivity index (χ4n) is 2.97. The molecule has 1 heterocycles. The summed E-state index contributed by atoms with van der Waals surface area (Å²) in [5, 5.41) is 21.7. The summed E-state index contributed by atoms with van der Waals surface area (Å²) in [4.78, 5) is 25.4. The second kappa shape index (κ2) is 7.42. The van der Waals surface area contributed by atoms with Crippen LogP contribution in [0, 0.1) is 11.3 Å². The predicted molar refractivity (Wildman–Crippen MR) is 99.8 cm³/mol. The lowest BCUT2D eigenvalue weighted by atomic mass is 9.95. The number of nitriles is 1. The number of primary amides is 1. The van der Waals surface area contributed by atoms with E-state index < -0.39 is 11.8 Å². The van der Waals surface area contributed by atoms with Crippen LogP contribution < -0.4 is 11.1 Å². The Bertz CT molecular complexity index is 936. The molecular weight excluding hydrogens is 350 g/mol. The van der Waals surface area contributed by atoms with E-state index in [1.807, 2.05) is 6.07 Å². The number of thiophene rings is 1. The molecule has 0 saturated heterocycles. The van der Waals surface area contributed by atoms with Gasteiger partial charge < -0.3 is 16.2 Å². The largest absolute Gasteiger partial charge is 0.508 e. The molecule has 3 rings (SSSR count). The van der Waals surface area contributed by atoms with Crippen LogP contribution in [0.2, 0.25) is 0 Å². The Balaban J connectivity index is 1.89. The molecule has 0 atom stereocenters. The van der Waals surface area contributed by atoms with Crippen molar-refractivity contribution in [2.24, 2.45) is 5.73 Å². The summed E-state index contributed by atoms with van der Waals surface area (Å²) in [6.07, 6.45) is 5.09. The second-order valence-corrected chi connectivity index (χ2v) is 7.10. The Hall–Kier alpha value is -3.11. The van der Waals surface area contributed by atoms with Gasteiger partial charge in [-0.05, 0) is 55.0 Å². The smallest absolute Gasteiger partial charge is 0.266 e. The number of nitrogens with two attached hydrogens (primary N) is 1. The van der Waals surface area contributed by atoms with Gasteiger partial charge in [-0.3, -0.25) is 9.59 Å². The van der Waals surface area contributed by atoms with Gasteiger partial charge in [-0.25, -0.2) is 0 Å². The molecule has 26 heavy (non-hydrogen) atoms. The number of fused-ring (bicyclic) bond motifs is 1. The van der Waals surface area contributed by atoms with Gasteiger partial charge in [-0.1, -0.05) is 12.1 Å². The Kier molecular flexibility index (Phi) is 5.05. The minimum Gasteiger partial charge on any atom is -0.508 e. The Morgan fingerprint density at radius 2 is 1.92 bits per heavy atom. The number of carbonyl (C=O) groups excluding carboxylic acids is 2. The lowest BCUT2D eigenvalue weighted by Gasteiger charge is -2.11. The molecule has 0 fully saturated rings. The highest BCUT2D eigenvalue weighted by Crippen LogP contribution is 2.38. The van der Waals surface area contributed by atoms with Gasteiger partial charge in [0, 0.05) is 4.88 Å². The lowest BCUT2D eigenvalue weighted by molar-refractivity contribution is -0.112. The normalized spacial score (nSPS) is 13.6. The Labute approximate surface area is 154 Å². The molecule has 2 amide bonds. The van der Waals surface area contributed by atoms with Gasteiger partial charge >= 0.3 is 0 Å². The molecule has 6 nitrogen and oxygen atoms in total. The summed E-state index contributed by atoms with van der Waals surface area (Å²) in [5.74, 6) is -1.07. The molecule has 1 aromatic carbocycles. The zero-order valence-electron chi connectivity index (χ0n) is 13.9. The average molecular weight is 367 g/mol. The van der Waals surface area contributed by atoms with Crippen molar-refractivity contribution < 1.29 is 14.7 Å². The Morgan fingerprint density at radius 1 is 1.23 bits per heavy atom. The van der Waals surface area contributed by atoms with Crippen LogP contribution in [0.1, 0.15) is 39.2 Å². The van der Waals surface area contributed by atoms with E-state index in [1.165, 1.54) is 29.5 Å². The van der Waals surface area contributed by atoms with Crippen LogP contribution in [-0.2, 0) is 17.6 Å². The number of carbonyl (C=O) groups is 2. The molecule has 7 heteroatoms. The van der Waals surface area contributed by atoms with E-state index in [2.05, 4.69) is 5.32 Å². The number of aromatic hydroxyl groups is 1. The van der Waals surface area contributed by atoms with Crippen LogP contribution in [-0.4, -0.2) is 16.9 Å². The van der Waals surface area contributed by atoms with E-state index in [9.17, 15) is 20.0 Å². The van der Waals surface area contributed by atoms with Gasteiger partial charge in [0.1, 0.15) is 22.4 Å². The highest BCUT2D eigenvalue weighted by atomic mass is 32.1. The van der Waals surface area contributed by atoms with Gasteiger partial charge in [-0.2, -0.15) is 5.26 Å². The first kappa shape index (κ1) is 17.7. The van der Waals surface area contributed by atoms with E-state index in [0.29, 0.717) is 16.1 Å². The van der Waals surface area contributed by atoms with E-state index >= 15 is 0 Å². The number of nitrogens with one attached hydrogen (secondary N) is 1. The third-order valence-electron chi connectivity index (χ3n) is 4.21. The monoisotopic (exact) mass is 367 g/mol. The van der Waals surface area contributed by atoms with E-state index in [1.54, 1.807) is 12.1 Å². The van der Waals surface area contributed by atoms with Crippen LogP contribution in [0.4, 0.5) is 5.00 Å². The minimum atomic E-state index is -0.596. The Morgan fingerprint density at radius 3 is 2.58 bits per heavy atom. The zero-order chi connectivity index (χ0) is 18.7. The molecule has 0 bridgehead atoms.